The van der Waals surface area contributed by atoms with Crippen LogP contribution in [-0.4, -0.2) is 24.0 Å². The molecule has 0 aromatic heterocycles. The second-order valence-electron chi connectivity index (χ2n) is 6.39. The lowest BCUT2D eigenvalue weighted by Crippen LogP contribution is -2.35. The topological polar surface area (TPSA) is 29.5 Å². The highest BCUT2D eigenvalue weighted by atomic mass is 35.5. The van der Waals surface area contributed by atoms with Crippen LogP contribution >= 0.6 is 11.6 Å². The first-order chi connectivity index (χ1) is 12.2. The summed E-state index contributed by atoms with van der Waals surface area (Å²) in [6.45, 7) is 3.52. The molecule has 4 heteroatoms. The number of hydrogen-bond donors (Lipinski definition) is 0. The number of ether oxygens (including phenoxy) is 1. The Bertz CT molecular complexity index is 687. The van der Waals surface area contributed by atoms with Crippen LogP contribution in [0.4, 0.5) is 0 Å². The van der Waals surface area contributed by atoms with Crippen LogP contribution in [0.3, 0.4) is 0 Å². The zero-order valence-electron chi connectivity index (χ0n) is 14.5. The van der Waals surface area contributed by atoms with Crippen molar-refractivity contribution in [1.29, 1.82) is 0 Å². The number of halogens is 1. The molecule has 1 fully saturated rings. The van der Waals surface area contributed by atoms with Crippen LogP contribution in [0.15, 0.2) is 54.6 Å². The number of amides is 1. The van der Waals surface area contributed by atoms with Crippen molar-refractivity contribution in [3.63, 3.8) is 0 Å². The number of carbonyl (C=O) groups excluding carboxylic acids is 1. The third kappa shape index (κ3) is 4.23. The first kappa shape index (κ1) is 18.0. The van der Waals surface area contributed by atoms with E-state index in [4.69, 9.17) is 16.3 Å². The highest BCUT2D eigenvalue weighted by Gasteiger charge is 2.36. The van der Waals surface area contributed by atoms with Crippen molar-refractivity contribution in [2.75, 3.05) is 13.2 Å². The van der Waals surface area contributed by atoms with Crippen LogP contribution in [0.5, 0.6) is 0 Å². The number of rotatable bonds is 7. The molecule has 2 aromatic carbocycles. The normalized spacial score (nSPS) is 16.9. The third-order valence-corrected chi connectivity index (χ3v) is 4.83. The molecule has 1 unspecified atom stereocenters. The second-order valence-corrected chi connectivity index (χ2v) is 6.83. The summed E-state index contributed by atoms with van der Waals surface area (Å²) in [5.41, 5.74) is 2.15. The van der Waals surface area contributed by atoms with Gasteiger partial charge in [0, 0.05) is 24.6 Å². The minimum absolute atomic E-state index is 0.121. The number of carbonyl (C=O) groups is 1. The monoisotopic (exact) mass is 357 g/mol. The molecular weight excluding hydrogens is 334 g/mol. The molecule has 2 atom stereocenters. The van der Waals surface area contributed by atoms with E-state index in [1.165, 1.54) is 0 Å². The Morgan fingerprint density at radius 1 is 1.08 bits per heavy atom. The van der Waals surface area contributed by atoms with Gasteiger partial charge in [-0.1, -0.05) is 61.0 Å². The summed E-state index contributed by atoms with van der Waals surface area (Å²) in [7, 11) is 0. The van der Waals surface area contributed by atoms with E-state index in [1.54, 1.807) is 0 Å². The fraction of sp³-hybridized carbons (Fsp3) is 0.381. The summed E-state index contributed by atoms with van der Waals surface area (Å²) in [6.07, 6.45) is 2.24. The number of nitrogens with zero attached hydrogens (tertiary/aromatic N) is 1. The Labute approximate surface area is 154 Å². The molecule has 1 saturated heterocycles. The van der Waals surface area contributed by atoms with Gasteiger partial charge in [0.05, 0.1) is 6.04 Å². The van der Waals surface area contributed by atoms with Gasteiger partial charge >= 0.3 is 0 Å². The third-order valence-electron chi connectivity index (χ3n) is 4.57. The second kappa shape index (κ2) is 8.50. The van der Waals surface area contributed by atoms with Crippen LogP contribution in [0.2, 0.25) is 5.02 Å². The van der Waals surface area contributed by atoms with Crippen LogP contribution in [-0.2, 0) is 9.53 Å². The molecule has 1 heterocycles. The Morgan fingerprint density at radius 3 is 2.40 bits per heavy atom. The molecule has 0 bridgehead atoms. The van der Waals surface area contributed by atoms with Crippen LogP contribution in [0.25, 0.3) is 0 Å². The molecule has 1 amide bonds. The minimum Gasteiger partial charge on any atom is -0.371 e. The van der Waals surface area contributed by atoms with Crippen LogP contribution in [0, 0.1) is 0 Å². The highest BCUT2D eigenvalue weighted by molar-refractivity contribution is 6.30. The maximum absolute atomic E-state index is 12.5. The van der Waals surface area contributed by atoms with Gasteiger partial charge in [0.1, 0.15) is 6.10 Å². The van der Waals surface area contributed by atoms with Gasteiger partial charge < -0.3 is 9.64 Å². The van der Waals surface area contributed by atoms with Gasteiger partial charge in [-0.25, -0.2) is 0 Å². The van der Waals surface area contributed by atoms with Crippen molar-refractivity contribution in [2.45, 2.75) is 38.3 Å². The van der Waals surface area contributed by atoms with Crippen molar-refractivity contribution < 1.29 is 9.53 Å². The highest BCUT2D eigenvalue weighted by Crippen LogP contribution is 2.39. The molecule has 0 aliphatic carbocycles. The SMILES string of the molecule is CCCO[C@H](c1ccc(Cl)cc1)C(c1ccccc1)N1CCCC1=O. The summed E-state index contributed by atoms with van der Waals surface area (Å²) in [4.78, 5) is 14.5. The Balaban J connectivity index is 2.02. The summed E-state index contributed by atoms with van der Waals surface area (Å²) < 4.78 is 6.26. The standard InChI is InChI=1S/C21H24ClNO2/c1-2-15-25-21(17-10-12-18(22)13-11-17)20(16-7-4-3-5-8-16)23-14-6-9-19(23)24/h3-5,7-8,10-13,20-21H,2,6,9,14-15H2,1H3/t20?,21-/m1/s1. The Hall–Kier alpha value is -1.84. The number of benzene rings is 2. The predicted octanol–water partition coefficient (Wildman–Crippen LogP) is 5.17. The van der Waals surface area contributed by atoms with E-state index in [0.29, 0.717) is 18.1 Å². The van der Waals surface area contributed by atoms with Gasteiger partial charge in [0.25, 0.3) is 0 Å². The largest absolute Gasteiger partial charge is 0.371 e. The first-order valence-corrected chi connectivity index (χ1v) is 9.30. The molecule has 132 valence electrons. The van der Waals surface area contributed by atoms with Crippen molar-refractivity contribution in [1.82, 2.24) is 4.90 Å². The van der Waals surface area contributed by atoms with E-state index in [2.05, 4.69) is 19.1 Å². The molecule has 2 aromatic rings. The lowest BCUT2D eigenvalue weighted by molar-refractivity contribution is -0.133. The molecule has 0 saturated carbocycles. The smallest absolute Gasteiger partial charge is 0.223 e. The Kier molecular flexibility index (Phi) is 6.11. The molecule has 0 spiro atoms. The van der Waals surface area contributed by atoms with E-state index in [-0.39, 0.29) is 18.1 Å². The van der Waals surface area contributed by atoms with E-state index in [0.717, 1.165) is 30.5 Å². The predicted molar refractivity (Wildman–Crippen MR) is 101 cm³/mol. The lowest BCUT2D eigenvalue weighted by atomic mass is 9.94. The average molecular weight is 358 g/mol. The molecule has 3 nitrogen and oxygen atoms in total. The van der Waals surface area contributed by atoms with Gasteiger partial charge in [0.2, 0.25) is 5.91 Å². The van der Waals surface area contributed by atoms with Crippen molar-refractivity contribution in [2.24, 2.45) is 0 Å². The van der Waals surface area contributed by atoms with Crippen LogP contribution in [0.1, 0.15) is 49.5 Å². The molecule has 3 rings (SSSR count). The summed E-state index contributed by atoms with van der Waals surface area (Å²) in [6, 6.07) is 17.8. The zero-order chi connectivity index (χ0) is 17.6. The summed E-state index contributed by atoms with van der Waals surface area (Å²) in [5.74, 6) is 0.202. The molecule has 1 aliphatic heterocycles. The number of likely N-dealkylation sites (tertiary alicyclic amines) is 1. The van der Waals surface area contributed by atoms with E-state index < -0.39 is 0 Å². The Morgan fingerprint density at radius 2 is 1.80 bits per heavy atom. The first-order valence-electron chi connectivity index (χ1n) is 8.92. The van der Waals surface area contributed by atoms with Crippen molar-refractivity contribution >= 4 is 17.5 Å². The van der Waals surface area contributed by atoms with E-state index >= 15 is 0 Å². The molecule has 0 N–H and O–H groups in total. The lowest BCUT2D eigenvalue weighted by Gasteiger charge is -2.35. The number of hydrogen-bond acceptors (Lipinski definition) is 2. The average Bonchev–Trinajstić information content (AvgIpc) is 3.06. The fourth-order valence-corrected chi connectivity index (χ4v) is 3.52. The minimum atomic E-state index is -0.207. The van der Waals surface area contributed by atoms with Gasteiger partial charge in [-0.05, 0) is 36.1 Å². The van der Waals surface area contributed by atoms with E-state index in [9.17, 15) is 4.79 Å². The summed E-state index contributed by atoms with van der Waals surface area (Å²) >= 11 is 6.06. The van der Waals surface area contributed by atoms with E-state index in [1.807, 2.05) is 47.4 Å². The fourth-order valence-electron chi connectivity index (χ4n) is 3.40. The maximum Gasteiger partial charge on any atom is 0.223 e. The van der Waals surface area contributed by atoms with Gasteiger partial charge in [-0.2, -0.15) is 0 Å². The van der Waals surface area contributed by atoms with Crippen LogP contribution < -0.4 is 0 Å². The zero-order valence-corrected chi connectivity index (χ0v) is 15.3. The summed E-state index contributed by atoms with van der Waals surface area (Å²) in [5, 5.41) is 0.700. The van der Waals surface area contributed by atoms with Gasteiger partial charge in [0.15, 0.2) is 0 Å². The molecule has 1 aliphatic rings. The molecular formula is C21H24ClNO2. The van der Waals surface area contributed by atoms with Gasteiger partial charge in [-0.3, -0.25) is 4.79 Å². The van der Waals surface area contributed by atoms with Crippen molar-refractivity contribution in [3.8, 4) is 0 Å². The molecule has 0 radical (unpaired) electrons. The maximum atomic E-state index is 12.5. The van der Waals surface area contributed by atoms with Gasteiger partial charge in [-0.15, -0.1) is 0 Å². The molecule has 25 heavy (non-hydrogen) atoms. The quantitative estimate of drug-likeness (QED) is 0.684. The van der Waals surface area contributed by atoms with Crippen molar-refractivity contribution in [3.05, 3.63) is 70.7 Å².